The summed E-state index contributed by atoms with van der Waals surface area (Å²) in [6.45, 7) is 2.68. The summed E-state index contributed by atoms with van der Waals surface area (Å²) in [6, 6.07) is 4.96. The Bertz CT molecular complexity index is 1300. The van der Waals surface area contributed by atoms with E-state index >= 15 is 0 Å². The fourth-order valence-corrected chi connectivity index (χ4v) is 4.18. The minimum absolute atomic E-state index is 0.00310. The first-order valence-corrected chi connectivity index (χ1v) is 11.9. The van der Waals surface area contributed by atoms with Crippen molar-refractivity contribution in [3.63, 3.8) is 0 Å². The molecular formula is C26H26F6N2O6. The number of hydrogen-bond donors (Lipinski definition) is 4. The molecule has 1 saturated heterocycles. The molecule has 4 N–H and O–H groups in total. The lowest BCUT2D eigenvalue weighted by atomic mass is 9.90. The average Bonchev–Trinajstić information content (AvgIpc) is 3.08. The fourth-order valence-electron chi connectivity index (χ4n) is 4.18. The lowest BCUT2D eigenvalue weighted by Crippen LogP contribution is -2.53. The molecule has 1 aliphatic heterocycles. The lowest BCUT2D eigenvalue weighted by molar-refractivity contribution is -0.376. The topological polar surface area (TPSA) is 119 Å². The molecule has 2 aromatic carbocycles. The Kier molecular flexibility index (Phi) is 8.35. The van der Waals surface area contributed by atoms with Gasteiger partial charge in [-0.15, -0.1) is 0 Å². The summed E-state index contributed by atoms with van der Waals surface area (Å²) in [5.74, 6) is -1.53. The summed E-state index contributed by atoms with van der Waals surface area (Å²) in [6.07, 6.45) is -8.82. The number of carbonyl (C=O) groups is 2. The summed E-state index contributed by atoms with van der Waals surface area (Å²) in [4.78, 5) is 26.2. The summed E-state index contributed by atoms with van der Waals surface area (Å²) in [5, 5.41) is 31.4. The van der Waals surface area contributed by atoms with Gasteiger partial charge in [-0.3, -0.25) is 9.69 Å². The zero-order chi connectivity index (χ0) is 30.1. The first-order chi connectivity index (χ1) is 18.5. The predicted octanol–water partition coefficient (Wildman–Crippen LogP) is 4.76. The van der Waals surface area contributed by atoms with Crippen LogP contribution in [-0.4, -0.2) is 57.7 Å². The van der Waals surface area contributed by atoms with Gasteiger partial charge >= 0.3 is 18.4 Å². The second kappa shape index (κ2) is 10.9. The predicted molar refractivity (Wildman–Crippen MR) is 128 cm³/mol. The van der Waals surface area contributed by atoms with Crippen molar-refractivity contribution >= 4 is 11.9 Å². The number of imide groups is 1. The molecule has 8 nitrogen and oxygen atoms in total. The molecule has 40 heavy (non-hydrogen) atoms. The fraction of sp³-hybridized carbons (Fsp3) is 0.385. The zero-order valence-corrected chi connectivity index (χ0v) is 21.2. The zero-order valence-electron chi connectivity index (χ0n) is 21.2. The number of nitrogens with zero attached hydrogens (tertiary/aromatic N) is 1. The van der Waals surface area contributed by atoms with Gasteiger partial charge in [-0.2, -0.15) is 26.3 Å². The largest absolute Gasteiger partial charge is 0.504 e. The van der Waals surface area contributed by atoms with E-state index in [0.717, 1.165) is 17.0 Å². The maximum Gasteiger partial charge on any atom is 0.430 e. The number of halogens is 6. The van der Waals surface area contributed by atoms with Crippen molar-refractivity contribution in [1.29, 1.82) is 0 Å². The molecule has 0 saturated carbocycles. The molecule has 1 aliphatic rings. The van der Waals surface area contributed by atoms with Crippen LogP contribution < -0.4 is 10.1 Å². The van der Waals surface area contributed by atoms with Gasteiger partial charge in [0.2, 0.25) is 0 Å². The number of carbonyl (C=O) groups excluding carboxylic acids is 2. The number of alkyl halides is 6. The molecule has 1 fully saturated rings. The molecule has 0 aliphatic carbocycles. The van der Waals surface area contributed by atoms with E-state index in [4.69, 9.17) is 4.74 Å². The number of aryl methyl sites for hydroxylation is 1. The van der Waals surface area contributed by atoms with E-state index in [1.165, 1.54) is 31.2 Å². The molecule has 0 spiro atoms. The highest BCUT2D eigenvalue weighted by molar-refractivity contribution is 6.07. The van der Waals surface area contributed by atoms with Crippen LogP contribution in [0.25, 0.3) is 0 Å². The van der Waals surface area contributed by atoms with Gasteiger partial charge in [-0.25, -0.2) is 4.79 Å². The molecule has 1 heterocycles. The Morgan fingerprint density at radius 1 is 0.975 bits per heavy atom. The van der Waals surface area contributed by atoms with Crippen molar-refractivity contribution < 1.29 is 56.0 Å². The minimum atomic E-state index is -6.02. The Morgan fingerprint density at radius 3 is 2.20 bits per heavy atom. The summed E-state index contributed by atoms with van der Waals surface area (Å²) >= 11 is 0. The first-order valence-electron chi connectivity index (χ1n) is 11.9. The van der Waals surface area contributed by atoms with Crippen LogP contribution in [0.1, 0.15) is 37.0 Å². The standard InChI is InChI=1S/C26H26F6N2O6/c1-3-6-15-13-17(24(39,25(27,28)29)26(30,31)32)8-10-20(15)40-12-5-4-11-34-21(37)23(2,33-22(34)38)16-7-9-18(35)19(36)14-16/h4-5,7-10,13-14,35-36,39H,3,6,11-12H2,1-2H3,(H,33,38)/b5-4+. The van der Waals surface area contributed by atoms with Gasteiger partial charge in [-0.1, -0.05) is 31.6 Å². The number of rotatable bonds is 9. The molecule has 0 bridgehead atoms. The number of phenolic OH excluding ortho intramolecular Hbond substituents is 2. The smallest absolute Gasteiger partial charge is 0.430 e. The molecular weight excluding hydrogens is 550 g/mol. The number of phenols is 2. The first kappa shape index (κ1) is 30.6. The molecule has 3 amide bonds. The van der Waals surface area contributed by atoms with Crippen molar-refractivity contribution in [2.75, 3.05) is 13.2 Å². The van der Waals surface area contributed by atoms with E-state index in [1.54, 1.807) is 6.92 Å². The Morgan fingerprint density at radius 2 is 1.62 bits per heavy atom. The number of amides is 3. The van der Waals surface area contributed by atoms with Gasteiger partial charge in [0.05, 0.1) is 0 Å². The number of benzene rings is 2. The molecule has 2 aromatic rings. The normalized spacial score (nSPS) is 18.5. The molecule has 1 unspecified atom stereocenters. The highest BCUT2D eigenvalue weighted by atomic mass is 19.4. The van der Waals surface area contributed by atoms with Crippen LogP contribution in [0.15, 0.2) is 48.6 Å². The van der Waals surface area contributed by atoms with E-state index in [0.29, 0.717) is 18.6 Å². The van der Waals surface area contributed by atoms with Crippen LogP contribution in [0.4, 0.5) is 31.1 Å². The second-order valence-electron chi connectivity index (χ2n) is 9.24. The van der Waals surface area contributed by atoms with Crippen LogP contribution in [0.3, 0.4) is 0 Å². The van der Waals surface area contributed by atoms with Crippen LogP contribution in [0, 0.1) is 0 Å². The van der Waals surface area contributed by atoms with Crippen molar-refractivity contribution in [3.8, 4) is 17.2 Å². The molecule has 218 valence electrons. The van der Waals surface area contributed by atoms with E-state index in [9.17, 15) is 51.3 Å². The van der Waals surface area contributed by atoms with Gasteiger partial charge < -0.3 is 25.4 Å². The third-order valence-electron chi connectivity index (χ3n) is 6.44. The molecule has 3 rings (SSSR count). The minimum Gasteiger partial charge on any atom is -0.504 e. The maximum absolute atomic E-state index is 13.3. The summed E-state index contributed by atoms with van der Waals surface area (Å²) in [7, 11) is 0. The van der Waals surface area contributed by atoms with Crippen LogP contribution in [0.2, 0.25) is 0 Å². The number of nitrogens with one attached hydrogen (secondary N) is 1. The van der Waals surface area contributed by atoms with Crippen molar-refractivity contribution in [2.24, 2.45) is 0 Å². The lowest BCUT2D eigenvalue weighted by Gasteiger charge is -2.33. The second-order valence-corrected chi connectivity index (χ2v) is 9.24. The van der Waals surface area contributed by atoms with Crippen LogP contribution >= 0.6 is 0 Å². The van der Waals surface area contributed by atoms with E-state index < -0.39 is 52.5 Å². The van der Waals surface area contributed by atoms with Crippen LogP contribution in [0.5, 0.6) is 17.2 Å². The third-order valence-corrected chi connectivity index (χ3v) is 6.44. The Hall–Kier alpha value is -3.94. The molecule has 0 radical (unpaired) electrons. The highest BCUT2D eigenvalue weighted by Gasteiger charge is 2.71. The third kappa shape index (κ3) is 5.53. The average molecular weight is 576 g/mol. The van der Waals surface area contributed by atoms with Crippen LogP contribution in [-0.2, 0) is 22.4 Å². The summed E-state index contributed by atoms with van der Waals surface area (Å²) < 4.78 is 85.1. The van der Waals surface area contributed by atoms with E-state index in [2.05, 4.69) is 5.32 Å². The van der Waals surface area contributed by atoms with E-state index in [-0.39, 0.29) is 36.4 Å². The Labute approximate surface area is 224 Å². The van der Waals surface area contributed by atoms with Gasteiger partial charge in [0.15, 0.2) is 11.5 Å². The maximum atomic E-state index is 13.3. The number of aromatic hydroxyl groups is 2. The van der Waals surface area contributed by atoms with Gasteiger partial charge in [0.25, 0.3) is 11.5 Å². The molecule has 1 atom stereocenters. The van der Waals surface area contributed by atoms with Crippen molar-refractivity contribution in [3.05, 3.63) is 65.2 Å². The van der Waals surface area contributed by atoms with Crippen molar-refractivity contribution in [2.45, 2.75) is 50.2 Å². The van der Waals surface area contributed by atoms with E-state index in [1.807, 2.05) is 0 Å². The number of aliphatic hydroxyl groups is 1. The number of ether oxygens (including phenoxy) is 1. The van der Waals surface area contributed by atoms with Gasteiger partial charge in [0.1, 0.15) is 17.9 Å². The highest BCUT2D eigenvalue weighted by Crippen LogP contribution is 2.50. The van der Waals surface area contributed by atoms with Gasteiger partial charge in [-0.05, 0) is 54.8 Å². The SMILES string of the molecule is CCCc1cc(C(O)(C(F)(F)F)C(F)(F)F)ccc1OC/C=C/CN1C(=O)NC(C)(c2ccc(O)c(O)c2)C1=O. The molecule has 14 heteroatoms. The summed E-state index contributed by atoms with van der Waals surface area (Å²) in [5.41, 5.74) is -7.72. The number of hydrogen-bond acceptors (Lipinski definition) is 6. The molecule has 0 aromatic heterocycles. The quantitative estimate of drug-likeness (QED) is 0.148. The Balaban J connectivity index is 1.71. The monoisotopic (exact) mass is 576 g/mol. The van der Waals surface area contributed by atoms with Crippen molar-refractivity contribution in [1.82, 2.24) is 10.2 Å². The number of urea groups is 1. The van der Waals surface area contributed by atoms with Gasteiger partial charge in [0, 0.05) is 12.1 Å².